The van der Waals surface area contributed by atoms with Crippen LogP contribution in [0.5, 0.6) is 0 Å². The lowest BCUT2D eigenvalue weighted by atomic mass is 10.2. The predicted octanol–water partition coefficient (Wildman–Crippen LogP) is 4.05. The highest BCUT2D eigenvalue weighted by molar-refractivity contribution is 9.10. The van der Waals surface area contributed by atoms with Gasteiger partial charge in [-0.25, -0.2) is 4.79 Å². The lowest BCUT2D eigenvalue weighted by molar-refractivity contribution is 0.0216. The molecule has 1 aliphatic rings. The molecular weight excluding hydrogens is 320 g/mol. The largest absolute Gasteiger partial charge is 0.444 e. The Morgan fingerprint density at radius 3 is 2.70 bits per heavy atom. The predicted molar refractivity (Wildman–Crippen MR) is 81.5 cm³/mol. The Kier molecular flexibility index (Phi) is 4.37. The Morgan fingerprint density at radius 2 is 2.15 bits per heavy atom. The molecule has 1 fully saturated rings. The highest BCUT2D eigenvalue weighted by Gasteiger charge is 2.35. The highest BCUT2D eigenvalue weighted by Crippen LogP contribution is 2.31. The number of carbonyl (C=O) groups is 1. The van der Waals surface area contributed by atoms with Gasteiger partial charge in [0.2, 0.25) is 0 Å². The molecule has 0 radical (unpaired) electrons. The molecule has 0 aliphatic heterocycles. The Hall–Kier alpha value is -1.10. The first-order valence-corrected chi connectivity index (χ1v) is 7.66. The molecule has 0 aromatic carbocycles. The molecule has 0 bridgehead atoms. The fourth-order valence-corrected chi connectivity index (χ4v) is 2.30. The maximum absolute atomic E-state index is 12.3. The van der Waals surface area contributed by atoms with E-state index < -0.39 is 5.60 Å². The molecule has 110 valence electrons. The second-order valence-corrected chi connectivity index (χ2v) is 7.11. The first-order chi connectivity index (χ1) is 9.26. The van der Waals surface area contributed by atoms with Crippen molar-refractivity contribution < 1.29 is 9.53 Å². The van der Waals surface area contributed by atoms with Gasteiger partial charge in [-0.2, -0.15) is 0 Å². The summed E-state index contributed by atoms with van der Waals surface area (Å²) in [5.74, 6) is 0. The zero-order chi connectivity index (χ0) is 14.9. The van der Waals surface area contributed by atoms with Crippen LogP contribution in [-0.2, 0) is 11.3 Å². The van der Waals surface area contributed by atoms with Crippen molar-refractivity contribution in [1.82, 2.24) is 9.88 Å². The molecule has 0 unspecified atom stereocenters. The van der Waals surface area contributed by atoms with E-state index in [4.69, 9.17) is 4.74 Å². The Balaban J connectivity index is 2.13. The van der Waals surface area contributed by atoms with Gasteiger partial charge >= 0.3 is 6.09 Å². The van der Waals surface area contributed by atoms with Crippen molar-refractivity contribution in [2.75, 3.05) is 0 Å². The minimum atomic E-state index is -0.463. The molecular formula is C15H21BrN2O2. The molecule has 20 heavy (non-hydrogen) atoms. The number of pyridine rings is 1. The van der Waals surface area contributed by atoms with E-state index in [2.05, 4.69) is 20.9 Å². The van der Waals surface area contributed by atoms with Crippen molar-refractivity contribution in [2.45, 2.75) is 58.7 Å². The molecule has 1 aromatic heterocycles. The summed E-state index contributed by atoms with van der Waals surface area (Å²) in [5, 5.41) is 0. The lowest BCUT2D eigenvalue weighted by Gasteiger charge is -2.27. The number of aromatic nitrogens is 1. The van der Waals surface area contributed by atoms with E-state index in [1.807, 2.05) is 38.7 Å². The van der Waals surface area contributed by atoms with E-state index in [9.17, 15) is 4.79 Å². The van der Waals surface area contributed by atoms with Gasteiger partial charge < -0.3 is 9.64 Å². The molecule has 0 saturated heterocycles. The monoisotopic (exact) mass is 340 g/mol. The number of ether oxygens (including phenoxy) is 1. The van der Waals surface area contributed by atoms with Gasteiger partial charge in [0, 0.05) is 22.4 Å². The second kappa shape index (κ2) is 5.72. The average molecular weight is 341 g/mol. The van der Waals surface area contributed by atoms with Crippen LogP contribution in [-0.4, -0.2) is 27.6 Å². The zero-order valence-electron chi connectivity index (χ0n) is 12.4. The molecule has 0 atom stereocenters. The van der Waals surface area contributed by atoms with E-state index in [0.29, 0.717) is 12.6 Å². The van der Waals surface area contributed by atoms with Gasteiger partial charge in [-0.05, 0) is 68.1 Å². The molecule has 1 heterocycles. The van der Waals surface area contributed by atoms with Gasteiger partial charge in [0.25, 0.3) is 0 Å². The fourth-order valence-electron chi connectivity index (χ4n) is 1.95. The van der Waals surface area contributed by atoms with E-state index in [-0.39, 0.29) is 6.09 Å². The van der Waals surface area contributed by atoms with E-state index in [0.717, 1.165) is 28.6 Å². The van der Waals surface area contributed by atoms with Crippen LogP contribution in [0.3, 0.4) is 0 Å². The maximum Gasteiger partial charge on any atom is 0.410 e. The maximum atomic E-state index is 12.3. The number of hydrogen-bond acceptors (Lipinski definition) is 3. The molecule has 0 spiro atoms. The van der Waals surface area contributed by atoms with Crippen molar-refractivity contribution in [2.24, 2.45) is 0 Å². The van der Waals surface area contributed by atoms with Crippen molar-refractivity contribution in [1.29, 1.82) is 0 Å². The lowest BCUT2D eigenvalue weighted by Crippen LogP contribution is -2.37. The van der Waals surface area contributed by atoms with Gasteiger partial charge in [0.15, 0.2) is 0 Å². The molecule has 4 nitrogen and oxygen atoms in total. The van der Waals surface area contributed by atoms with Crippen LogP contribution in [0.15, 0.2) is 16.7 Å². The fraction of sp³-hybridized carbons (Fsp3) is 0.600. The van der Waals surface area contributed by atoms with Crippen LogP contribution in [0.4, 0.5) is 4.79 Å². The van der Waals surface area contributed by atoms with Crippen LogP contribution in [0.25, 0.3) is 0 Å². The molecule has 2 rings (SSSR count). The van der Waals surface area contributed by atoms with Gasteiger partial charge in [-0.1, -0.05) is 0 Å². The van der Waals surface area contributed by atoms with Crippen LogP contribution < -0.4 is 0 Å². The zero-order valence-corrected chi connectivity index (χ0v) is 14.0. The first kappa shape index (κ1) is 15.3. The van der Waals surface area contributed by atoms with Crippen LogP contribution in [0, 0.1) is 6.92 Å². The summed E-state index contributed by atoms with van der Waals surface area (Å²) < 4.78 is 6.43. The average Bonchev–Trinajstić information content (AvgIpc) is 3.11. The normalized spacial score (nSPS) is 15.1. The Labute approximate surface area is 128 Å². The third-order valence-electron chi connectivity index (χ3n) is 3.03. The van der Waals surface area contributed by atoms with Crippen molar-refractivity contribution >= 4 is 22.0 Å². The van der Waals surface area contributed by atoms with Gasteiger partial charge in [-0.3, -0.25) is 4.98 Å². The summed E-state index contributed by atoms with van der Waals surface area (Å²) >= 11 is 3.50. The van der Waals surface area contributed by atoms with E-state index in [1.54, 1.807) is 6.20 Å². The summed E-state index contributed by atoms with van der Waals surface area (Å²) in [6.07, 6.45) is 3.66. The van der Waals surface area contributed by atoms with Crippen molar-refractivity contribution in [3.63, 3.8) is 0 Å². The summed E-state index contributed by atoms with van der Waals surface area (Å²) in [4.78, 5) is 18.4. The number of aryl methyl sites for hydroxylation is 1. The number of nitrogens with zero attached hydrogens (tertiary/aromatic N) is 2. The summed E-state index contributed by atoms with van der Waals surface area (Å²) in [5.41, 5.74) is 1.55. The SMILES string of the molecule is Cc1cc(CN(C(=O)OC(C)(C)C)C2CC2)c(Br)cn1. The molecule has 1 amide bonds. The number of rotatable bonds is 3. The molecule has 1 saturated carbocycles. The van der Waals surface area contributed by atoms with Crippen molar-refractivity contribution in [3.8, 4) is 0 Å². The first-order valence-electron chi connectivity index (χ1n) is 6.87. The summed E-state index contributed by atoms with van der Waals surface area (Å²) in [7, 11) is 0. The number of halogens is 1. The quantitative estimate of drug-likeness (QED) is 0.833. The second-order valence-electron chi connectivity index (χ2n) is 6.26. The van der Waals surface area contributed by atoms with Gasteiger partial charge in [-0.15, -0.1) is 0 Å². The Morgan fingerprint density at radius 1 is 1.50 bits per heavy atom. The van der Waals surface area contributed by atoms with Crippen LogP contribution in [0.1, 0.15) is 44.9 Å². The van der Waals surface area contributed by atoms with Crippen LogP contribution >= 0.6 is 15.9 Å². The molecule has 1 aliphatic carbocycles. The number of amides is 1. The van der Waals surface area contributed by atoms with Crippen LogP contribution in [0.2, 0.25) is 0 Å². The molecule has 1 aromatic rings. The molecule has 5 heteroatoms. The van der Waals surface area contributed by atoms with E-state index in [1.165, 1.54) is 0 Å². The Bertz CT molecular complexity index is 507. The topological polar surface area (TPSA) is 42.4 Å². The minimum absolute atomic E-state index is 0.235. The van der Waals surface area contributed by atoms with Gasteiger partial charge in [0.05, 0.1) is 6.54 Å². The number of hydrogen-bond donors (Lipinski definition) is 0. The smallest absolute Gasteiger partial charge is 0.410 e. The van der Waals surface area contributed by atoms with Crippen molar-refractivity contribution in [3.05, 3.63) is 28.0 Å². The highest BCUT2D eigenvalue weighted by atomic mass is 79.9. The summed E-state index contributed by atoms with van der Waals surface area (Å²) in [6, 6.07) is 2.31. The van der Waals surface area contributed by atoms with E-state index >= 15 is 0 Å². The summed E-state index contributed by atoms with van der Waals surface area (Å²) in [6.45, 7) is 8.18. The third kappa shape index (κ3) is 4.20. The molecule has 0 N–H and O–H groups in total. The minimum Gasteiger partial charge on any atom is -0.444 e. The standard InChI is InChI=1S/C15H21BrN2O2/c1-10-7-11(13(16)8-17-10)9-18(12-5-6-12)14(19)20-15(2,3)4/h7-8,12H,5-6,9H2,1-4H3. The van der Waals surface area contributed by atoms with Gasteiger partial charge in [0.1, 0.15) is 5.60 Å². The third-order valence-corrected chi connectivity index (χ3v) is 3.74. The number of carbonyl (C=O) groups excluding carboxylic acids is 1.